The first-order valence-corrected chi connectivity index (χ1v) is 6.77. The van der Waals surface area contributed by atoms with Gasteiger partial charge >= 0.3 is 0 Å². The van der Waals surface area contributed by atoms with Crippen molar-refractivity contribution >= 4 is 5.91 Å². The largest absolute Gasteiger partial charge is 0.351 e. The van der Waals surface area contributed by atoms with Crippen molar-refractivity contribution in [2.24, 2.45) is 5.41 Å². The van der Waals surface area contributed by atoms with Crippen LogP contribution < -0.4 is 5.32 Å². The molecule has 0 bridgehead atoms. The molecular formula is C14H18N4O2. The van der Waals surface area contributed by atoms with E-state index < -0.39 is 0 Å². The van der Waals surface area contributed by atoms with Gasteiger partial charge in [0, 0.05) is 37.0 Å². The van der Waals surface area contributed by atoms with Gasteiger partial charge in [0.25, 0.3) is 5.91 Å². The van der Waals surface area contributed by atoms with E-state index in [2.05, 4.69) is 20.0 Å². The van der Waals surface area contributed by atoms with Crippen molar-refractivity contribution < 1.29 is 9.32 Å². The number of nitrogens with one attached hydrogen (secondary N) is 1. The maximum Gasteiger partial charge on any atom is 0.289 e. The molecule has 2 aromatic heterocycles. The van der Waals surface area contributed by atoms with Gasteiger partial charge in [-0.2, -0.15) is 0 Å². The van der Waals surface area contributed by atoms with E-state index >= 15 is 0 Å². The molecule has 106 valence electrons. The van der Waals surface area contributed by atoms with E-state index in [0.29, 0.717) is 12.2 Å². The first-order chi connectivity index (χ1) is 9.58. The van der Waals surface area contributed by atoms with Crippen LogP contribution >= 0.6 is 0 Å². The van der Waals surface area contributed by atoms with Crippen molar-refractivity contribution in [3.63, 3.8) is 0 Å². The fraction of sp³-hybridized carbons (Fsp3) is 0.500. The smallest absolute Gasteiger partial charge is 0.289 e. The highest BCUT2D eigenvalue weighted by atomic mass is 16.5. The van der Waals surface area contributed by atoms with Gasteiger partial charge in [-0.05, 0) is 26.7 Å². The summed E-state index contributed by atoms with van der Waals surface area (Å²) in [6.07, 6.45) is 6.04. The highest BCUT2D eigenvalue weighted by Gasteiger charge is 2.43. The molecule has 2 aromatic rings. The number of amides is 1. The van der Waals surface area contributed by atoms with Gasteiger partial charge < -0.3 is 14.4 Å². The van der Waals surface area contributed by atoms with Crippen molar-refractivity contribution in [2.75, 3.05) is 6.54 Å². The summed E-state index contributed by atoms with van der Waals surface area (Å²) in [5.41, 5.74) is 0.876. The topological polar surface area (TPSA) is 73.0 Å². The Kier molecular flexibility index (Phi) is 3.08. The number of carbonyl (C=O) groups excluding carboxylic acids is 1. The molecule has 2 heterocycles. The number of imidazole rings is 1. The minimum atomic E-state index is -0.195. The molecule has 1 aliphatic rings. The van der Waals surface area contributed by atoms with Crippen LogP contribution in [0.3, 0.4) is 0 Å². The summed E-state index contributed by atoms with van der Waals surface area (Å²) in [5.74, 6) is 1.09. The molecule has 1 amide bonds. The highest BCUT2D eigenvalue weighted by Crippen LogP contribution is 2.46. The number of hydrogen-bond donors (Lipinski definition) is 1. The zero-order chi connectivity index (χ0) is 14.2. The molecular weight excluding hydrogens is 256 g/mol. The van der Waals surface area contributed by atoms with Crippen LogP contribution in [0.2, 0.25) is 0 Å². The fourth-order valence-corrected chi connectivity index (χ4v) is 2.33. The Hall–Kier alpha value is -2.11. The lowest BCUT2D eigenvalue weighted by Gasteiger charge is -2.17. The van der Waals surface area contributed by atoms with Gasteiger partial charge in [-0.15, -0.1) is 0 Å². The molecule has 1 saturated carbocycles. The molecule has 0 spiro atoms. The normalized spacial score (nSPS) is 16.1. The average Bonchev–Trinajstić information content (AvgIpc) is 2.86. The average molecular weight is 274 g/mol. The summed E-state index contributed by atoms with van der Waals surface area (Å²) in [5, 5.41) is 6.66. The number of carbonyl (C=O) groups is 1. The quantitative estimate of drug-likeness (QED) is 0.900. The van der Waals surface area contributed by atoms with E-state index in [1.807, 2.05) is 13.1 Å². The lowest BCUT2D eigenvalue weighted by atomic mass is 10.1. The van der Waals surface area contributed by atoms with Crippen LogP contribution in [0.5, 0.6) is 0 Å². The molecule has 6 nitrogen and oxygen atoms in total. The summed E-state index contributed by atoms with van der Waals surface area (Å²) in [6, 6.07) is 1.65. The number of rotatable bonds is 5. The third-order valence-electron chi connectivity index (χ3n) is 3.86. The van der Waals surface area contributed by atoms with E-state index in [0.717, 1.165) is 25.2 Å². The zero-order valence-electron chi connectivity index (χ0n) is 11.7. The maximum atomic E-state index is 11.9. The minimum absolute atomic E-state index is 0.163. The summed E-state index contributed by atoms with van der Waals surface area (Å²) < 4.78 is 7.10. The Morgan fingerprint density at radius 3 is 2.85 bits per heavy atom. The van der Waals surface area contributed by atoms with Gasteiger partial charge in [0.2, 0.25) is 5.76 Å². The molecule has 3 rings (SSSR count). The molecule has 0 radical (unpaired) electrons. The summed E-state index contributed by atoms with van der Waals surface area (Å²) in [4.78, 5) is 16.2. The third-order valence-corrected chi connectivity index (χ3v) is 3.86. The van der Waals surface area contributed by atoms with Gasteiger partial charge in [-0.3, -0.25) is 4.79 Å². The third kappa shape index (κ3) is 2.59. The zero-order valence-corrected chi connectivity index (χ0v) is 11.7. The molecule has 0 aromatic carbocycles. The van der Waals surface area contributed by atoms with E-state index in [-0.39, 0.29) is 17.1 Å². The Morgan fingerprint density at radius 1 is 1.50 bits per heavy atom. The monoisotopic (exact) mass is 274 g/mol. The van der Waals surface area contributed by atoms with Crippen molar-refractivity contribution in [3.05, 3.63) is 35.7 Å². The first-order valence-electron chi connectivity index (χ1n) is 6.77. The van der Waals surface area contributed by atoms with E-state index in [9.17, 15) is 4.79 Å². The molecule has 1 fully saturated rings. The Bertz CT molecular complexity index is 625. The summed E-state index contributed by atoms with van der Waals surface area (Å²) in [6.45, 7) is 5.34. The van der Waals surface area contributed by atoms with Crippen LogP contribution in [-0.4, -0.2) is 27.2 Å². The number of aryl methyl sites for hydroxylation is 2. The maximum absolute atomic E-state index is 11.9. The van der Waals surface area contributed by atoms with Crippen molar-refractivity contribution in [3.8, 4) is 0 Å². The van der Waals surface area contributed by atoms with Gasteiger partial charge in [0.15, 0.2) is 0 Å². The second-order valence-corrected chi connectivity index (χ2v) is 5.62. The van der Waals surface area contributed by atoms with Crippen LogP contribution in [0.1, 0.15) is 34.9 Å². The molecule has 6 heteroatoms. The molecule has 0 aliphatic heterocycles. The SMILES string of the molecule is Cc1cc(C(=O)NCC2(Cn3ccnc3C)CC2)on1. The van der Waals surface area contributed by atoms with E-state index in [1.54, 1.807) is 19.2 Å². The lowest BCUT2D eigenvalue weighted by Crippen LogP contribution is -2.32. The van der Waals surface area contributed by atoms with Gasteiger partial charge in [-0.1, -0.05) is 5.16 Å². The van der Waals surface area contributed by atoms with Crippen molar-refractivity contribution in [1.82, 2.24) is 20.0 Å². The summed E-state index contributed by atoms with van der Waals surface area (Å²) >= 11 is 0. The summed E-state index contributed by atoms with van der Waals surface area (Å²) in [7, 11) is 0. The Balaban J connectivity index is 1.58. The van der Waals surface area contributed by atoms with Crippen LogP contribution in [0.25, 0.3) is 0 Å². The molecule has 0 unspecified atom stereocenters. The predicted molar refractivity (Wildman–Crippen MR) is 72.2 cm³/mol. The fourth-order valence-electron chi connectivity index (χ4n) is 2.33. The van der Waals surface area contributed by atoms with Crippen LogP contribution in [0.15, 0.2) is 23.0 Å². The molecule has 1 aliphatic carbocycles. The Labute approximate surface area is 117 Å². The van der Waals surface area contributed by atoms with Gasteiger partial charge in [0.1, 0.15) is 5.82 Å². The van der Waals surface area contributed by atoms with Crippen molar-refractivity contribution in [2.45, 2.75) is 33.2 Å². The van der Waals surface area contributed by atoms with Crippen molar-refractivity contribution in [1.29, 1.82) is 0 Å². The highest BCUT2D eigenvalue weighted by molar-refractivity contribution is 5.91. The minimum Gasteiger partial charge on any atom is -0.351 e. The molecule has 20 heavy (non-hydrogen) atoms. The second kappa shape index (κ2) is 4.77. The van der Waals surface area contributed by atoms with E-state index in [1.165, 1.54) is 0 Å². The number of hydrogen-bond acceptors (Lipinski definition) is 4. The van der Waals surface area contributed by atoms with Gasteiger partial charge in [-0.25, -0.2) is 4.98 Å². The van der Waals surface area contributed by atoms with Gasteiger partial charge in [0.05, 0.1) is 5.69 Å². The molecule has 0 atom stereocenters. The predicted octanol–water partition coefficient (Wildman–Crippen LogP) is 1.70. The Morgan fingerprint density at radius 2 is 2.30 bits per heavy atom. The first kappa shape index (κ1) is 12.9. The van der Waals surface area contributed by atoms with Crippen LogP contribution in [-0.2, 0) is 6.54 Å². The number of nitrogens with zero attached hydrogens (tertiary/aromatic N) is 3. The number of aromatic nitrogens is 3. The molecule has 0 saturated heterocycles. The second-order valence-electron chi connectivity index (χ2n) is 5.62. The van der Waals surface area contributed by atoms with Crippen LogP contribution in [0, 0.1) is 19.3 Å². The molecule has 1 N–H and O–H groups in total. The van der Waals surface area contributed by atoms with Crippen LogP contribution in [0.4, 0.5) is 0 Å². The van der Waals surface area contributed by atoms with E-state index in [4.69, 9.17) is 4.52 Å². The lowest BCUT2D eigenvalue weighted by molar-refractivity contribution is 0.0906. The standard InChI is InChI=1S/C14H18N4O2/c1-10-7-12(20-17-10)13(19)16-8-14(3-4-14)9-18-6-5-15-11(18)2/h5-7H,3-4,8-9H2,1-2H3,(H,16,19).